The number of fused-ring (bicyclic) bond motifs is 1. The SMILES string of the molecule is C=C(NC(=O)c1ccccc1)c1ccc(C(=O)N=Nc2c(O)[nH]c3ccc(Br)cc23)c(OC)c1OC. The van der Waals surface area contributed by atoms with Crippen LogP contribution in [0.25, 0.3) is 16.6 Å². The number of ether oxygens (including phenoxy) is 2. The Bertz CT molecular complexity index is 1510. The fourth-order valence-corrected chi connectivity index (χ4v) is 3.99. The van der Waals surface area contributed by atoms with Crippen LogP contribution in [0, 0.1) is 0 Å². The summed E-state index contributed by atoms with van der Waals surface area (Å²) < 4.78 is 11.7. The molecule has 10 heteroatoms. The van der Waals surface area contributed by atoms with Gasteiger partial charge in [-0.3, -0.25) is 9.59 Å². The van der Waals surface area contributed by atoms with Gasteiger partial charge in [0.25, 0.3) is 11.8 Å². The van der Waals surface area contributed by atoms with Crippen molar-refractivity contribution in [2.75, 3.05) is 14.2 Å². The van der Waals surface area contributed by atoms with Crippen LogP contribution in [0.2, 0.25) is 0 Å². The van der Waals surface area contributed by atoms with Crippen molar-refractivity contribution in [3.05, 3.63) is 88.4 Å². The minimum atomic E-state index is -0.723. The first-order chi connectivity index (χ1) is 17.3. The lowest BCUT2D eigenvalue weighted by atomic mass is 10.1. The first-order valence-electron chi connectivity index (χ1n) is 10.6. The summed E-state index contributed by atoms with van der Waals surface area (Å²) in [6.45, 7) is 3.94. The van der Waals surface area contributed by atoms with Crippen LogP contribution in [-0.2, 0) is 0 Å². The van der Waals surface area contributed by atoms with Gasteiger partial charge in [0.05, 0.1) is 25.3 Å². The van der Waals surface area contributed by atoms with Crippen molar-refractivity contribution in [3.8, 4) is 17.4 Å². The summed E-state index contributed by atoms with van der Waals surface area (Å²) in [6.07, 6.45) is 0. The molecule has 4 aromatic rings. The van der Waals surface area contributed by atoms with Gasteiger partial charge in [-0.05, 0) is 42.5 Å². The van der Waals surface area contributed by atoms with Gasteiger partial charge >= 0.3 is 0 Å². The number of H-pyrrole nitrogens is 1. The molecule has 3 N–H and O–H groups in total. The van der Waals surface area contributed by atoms with Gasteiger partial charge in [-0.2, -0.15) is 0 Å². The number of azo groups is 1. The number of hydrogen-bond acceptors (Lipinski definition) is 6. The Hall–Kier alpha value is -4.44. The third kappa shape index (κ3) is 4.84. The molecule has 9 nitrogen and oxygen atoms in total. The average molecular weight is 549 g/mol. The Balaban J connectivity index is 1.64. The van der Waals surface area contributed by atoms with Gasteiger partial charge in [-0.1, -0.05) is 40.7 Å². The molecular formula is C26H21BrN4O5. The molecule has 36 heavy (non-hydrogen) atoms. The number of hydrogen-bond donors (Lipinski definition) is 3. The number of methoxy groups -OCH3 is 2. The zero-order valence-corrected chi connectivity index (χ0v) is 20.9. The smallest absolute Gasteiger partial charge is 0.299 e. The summed E-state index contributed by atoms with van der Waals surface area (Å²) >= 11 is 3.38. The summed E-state index contributed by atoms with van der Waals surface area (Å²) in [7, 11) is 2.79. The zero-order chi connectivity index (χ0) is 25.8. The van der Waals surface area contributed by atoms with Crippen LogP contribution in [0.3, 0.4) is 0 Å². The maximum absolute atomic E-state index is 13.0. The van der Waals surface area contributed by atoms with E-state index >= 15 is 0 Å². The molecule has 2 amide bonds. The molecule has 0 atom stereocenters. The lowest BCUT2D eigenvalue weighted by molar-refractivity contribution is 0.0970. The molecule has 0 aliphatic heterocycles. The molecule has 4 rings (SSSR count). The molecule has 0 spiro atoms. The number of carbonyl (C=O) groups excluding carboxylic acids is 2. The van der Waals surface area contributed by atoms with E-state index in [1.807, 2.05) is 6.07 Å². The van der Waals surface area contributed by atoms with Gasteiger partial charge in [0.1, 0.15) is 0 Å². The highest BCUT2D eigenvalue weighted by molar-refractivity contribution is 9.10. The van der Waals surface area contributed by atoms with Crippen LogP contribution in [0.1, 0.15) is 26.3 Å². The lowest BCUT2D eigenvalue weighted by Gasteiger charge is -2.17. The molecule has 0 unspecified atom stereocenters. The highest BCUT2D eigenvalue weighted by Gasteiger charge is 2.22. The number of halogens is 1. The number of nitrogens with one attached hydrogen (secondary N) is 2. The van der Waals surface area contributed by atoms with Crippen LogP contribution < -0.4 is 14.8 Å². The van der Waals surface area contributed by atoms with E-state index in [2.05, 4.69) is 43.0 Å². The average Bonchev–Trinajstić information content (AvgIpc) is 3.20. The Kier molecular flexibility index (Phi) is 7.16. The molecule has 0 saturated carbocycles. The molecule has 182 valence electrons. The molecule has 0 saturated heterocycles. The Morgan fingerprint density at radius 1 is 1.00 bits per heavy atom. The molecule has 3 aromatic carbocycles. The van der Waals surface area contributed by atoms with Gasteiger partial charge < -0.3 is 24.9 Å². The number of aromatic amines is 1. The highest BCUT2D eigenvalue weighted by atomic mass is 79.9. The second kappa shape index (κ2) is 10.4. The van der Waals surface area contributed by atoms with Gasteiger partial charge in [-0.25, -0.2) is 0 Å². The standard InChI is InChI=1S/C26H21BrN4O5/c1-14(28-24(32)15-7-5-4-6-8-15)17-10-11-18(23(36-3)22(17)35-2)25(33)31-30-21-19-13-16(27)9-12-20(19)29-26(21)34/h4-13,29,34H,1H2,2-3H3,(H,28,32). The van der Waals surface area contributed by atoms with Crippen LogP contribution in [0.15, 0.2) is 81.9 Å². The molecular weight excluding hydrogens is 528 g/mol. The maximum atomic E-state index is 13.0. The summed E-state index contributed by atoms with van der Waals surface area (Å²) in [5, 5.41) is 21.3. The van der Waals surface area contributed by atoms with E-state index in [-0.39, 0.29) is 40.2 Å². The topological polar surface area (TPSA) is 125 Å². The van der Waals surface area contributed by atoms with Gasteiger partial charge in [-0.15, -0.1) is 10.2 Å². The molecule has 0 fully saturated rings. The molecule has 0 radical (unpaired) electrons. The molecule has 1 heterocycles. The highest BCUT2D eigenvalue weighted by Crippen LogP contribution is 2.39. The van der Waals surface area contributed by atoms with Crippen molar-refractivity contribution in [1.29, 1.82) is 0 Å². The van der Waals surface area contributed by atoms with Crippen LogP contribution in [0.5, 0.6) is 17.4 Å². The van der Waals surface area contributed by atoms with E-state index < -0.39 is 5.91 Å². The largest absolute Gasteiger partial charge is 0.493 e. The van der Waals surface area contributed by atoms with E-state index in [0.717, 1.165) is 4.47 Å². The van der Waals surface area contributed by atoms with E-state index in [4.69, 9.17) is 9.47 Å². The molecule has 0 aliphatic carbocycles. The number of rotatable bonds is 7. The number of nitrogens with zero attached hydrogens (tertiary/aromatic N) is 2. The van der Waals surface area contributed by atoms with Crippen molar-refractivity contribution in [3.63, 3.8) is 0 Å². The van der Waals surface area contributed by atoms with Gasteiger partial charge in [0.15, 0.2) is 17.2 Å². The number of amides is 2. The van der Waals surface area contributed by atoms with Crippen molar-refractivity contribution < 1.29 is 24.2 Å². The third-order valence-corrected chi connectivity index (χ3v) is 5.82. The number of aromatic nitrogens is 1. The van der Waals surface area contributed by atoms with Gasteiger partial charge in [0.2, 0.25) is 5.88 Å². The lowest BCUT2D eigenvalue weighted by Crippen LogP contribution is -2.21. The van der Waals surface area contributed by atoms with Crippen LogP contribution >= 0.6 is 15.9 Å². The van der Waals surface area contributed by atoms with Gasteiger partial charge in [0, 0.05) is 26.7 Å². The van der Waals surface area contributed by atoms with Crippen molar-refractivity contribution >= 4 is 50.0 Å². The predicted molar refractivity (Wildman–Crippen MR) is 139 cm³/mol. The van der Waals surface area contributed by atoms with Crippen molar-refractivity contribution in [2.45, 2.75) is 0 Å². The normalized spacial score (nSPS) is 11.0. The predicted octanol–water partition coefficient (Wildman–Crippen LogP) is 5.98. The molecule has 1 aromatic heterocycles. The summed E-state index contributed by atoms with van der Waals surface area (Å²) in [6, 6.07) is 17.0. The summed E-state index contributed by atoms with van der Waals surface area (Å²) in [5.41, 5.74) is 1.98. The second-order valence-electron chi connectivity index (χ2n) is 7.54. The summed E-state index contributed by atoms with van der Waals surface area (Å²) in [5.74, 6) is -0.999. The quantitative estimate of drug-likeness (QED) is 0.245. The Morgan fingerprint density at radius 3 is 2.36 bits per heavy atom. The Morgan fingerprint density at radius 2 is 1.67 bits per heavy atom. The molecule has 0 bridgehead atoms. The Labute approximate surface area is 214 Å². The van der Waals surface area contributed by atoms with Crippen LogP contribution in [0.4, 0.5) is 5.69 Å². The number of aromatic hydroxyl groups is 1. The molecule has 0 aliphatic rings. The fourth-order valence-electron chi connectivity index (χ4n) is 3.63. The van der Waals surface area contributed by atoms with E-state index in [9.17, 15) is 14.7 Å². The first-order valence-corrected chi connectivity index (χ1v) is 11.4. The van der Waals surface area contributed by atoms with Crippen molar-refractivity contribution in [2.24, 2.45) is 10.2 Å². The maximum Gasteiger partial charge on any atom is 0.299 e. The fraction of sp³-hybridized carbons (Fsp3) is 0.0769. The monoisotopic (exact) mass is 548 g/mol. The van der Waals surface area contributed by atoms with Crippen LogP contribution in [-0.4, -0.2) is 36.1 Å². The van der Waals surface area contributed by atoms with Crippen molar-refractivity contribution in [1.82, 2.24) is 10.3 Å². The second-order valence-corrected chi connectivity index (χ2v) is 8.46. The summed E-state index contributed by atoms with van der Waals surface area (Å²) in [4.78, 5) is 28.3. The minimum Gasteiger partial charge on any atom is -0.493 e. The van der Waals surface area contributed by atoms with E-state index in [1.54, 1.807) is 48.5 Å². The first kappa shape index (κ1) is 24.7. The zero-order valence-electron chi connectivity index (χ0n) is 19.3. The number of carbonyl (C=O) groups is 2. The van der Waals surface area contributed by atoms with E-state index in [0.29, 0.717) is 22.0 Å². The third-order valence-electron chi connectivity index (χ3n) is 5.33. The van der Waals surface area contributed by atoms with E-state index in [1.165, 1.54) is 20.3 Å². The minimum absolute atomic E-state index is 0.0737. The number of benzene rings is 3.